The molecule has 0 N–H and O–H groups in total. The molecular weight excluding hydrogens is 274 g/mol. The number of hydrogen-bond donors (Lipinski definition) is 0. The molecule has 1 amide bonds. The number of carbonyl (C=O) groups excluding carboxylic acids is 1. The van der Waals surface area contributed by atoms with Crippen molar-refractivity contribution >= 4 is 11.6 Å². The summed E-state index contributed by atoms with van der Waals surface area (Å²) in [6.07, 6.45) is 6.88. The Morgan fingerprint density at radius 3 is 2.73 bits per heavy atom. The van der Waals surface area contributed by atoms with Crippen LogP contribution < -0.4 is 4.90 Å². The first-order chi connectivity index (χ1) is 10.7. The van der Waals surface area contributed by atoms with E-state index in [1.807, 2.05) is 18.5 Å². The molecule has 4 heteroatoms. The van der Waals surface area contributed by atoms with E-state index in [9.17, 15) is 4.79 Å². The van der Waals surface area contributed by atoms with Gasteiger partial charge in [0, 0.05) is 38.3 Å². The maximum Gasteiger partial charge on any atom is 0.225 e. The zero-order chi connectivity index (χ0) is 15.5. The fourth-order valence-electron chi connectivity index (χ4n) is 4.02. The van der Waals surface area contributed by atoms with Crippen LogP contribution in [0.3, 0.4) is 0 Å². The predicted molar refractivity (Wildman–Crippen MR) is 88.7 cm³/mol. The molecule has 0 aliphatic carbocycles. The first kappa shape index (κ1) is 15.3. The van der Waals surface area contributed by atoms with Crippen molar-refractivity contribution in [3.05, 3.63) is 24.5 Å². The number of fused-ring (bicyclic) bond motifs is 1. The van der Waals surface area contributed by atoms with Crippen molar-refractivity contribution in [2.75, 3.05) is 31.1 Å². The van der Waals surface area contributed by atoms with Gasteiger partial charge in [0.25, 0.3) is 0 Å². The third-order valence-corrected chi connectivity index (χ3v) is 5.46. The Labute approximate surface area is 133 Å². The molecule has 22 heavy (non-hydrogen) atoms. The van der Waals surface area contributed by atoms with Crippen molar-refractivity contribution < 1.29 is 4.79 Å². The highest BCUT2D eigenvalue weighted by atomic mass is 16.2. The van der Waals surface area contributed by atoms with Crippen LogP contribution in [-0.2, 0) is 4.79 Å². The van der Waals surface area contributed by atoms with Crippen LogP contribution in [0.15, 0.2) is 24.5 Å². The van der Waals surface area contributed by atoms with Gasteiger partial charge in [0.1, 0.15) is 0 Å². The van der Waals surface area contributed by atoms with Gasteiger partial charge in [-0.3, -0.25) is 9.78 Å². The van der Waals surface area contributed by atoms with E-state index in [2.05, 4.69) is 34.7 Å². The lowest BCUT2D eigenvalue weighted by Gasteiger charge is -2.35. The molecule has 1 aromatic rings. The van der Waals surface area contributed by atoms with Crippen LogP contribution in [0.1, 0.15) is 33.1 Å². The molecule has 0 saturated carbocycles. The molecule has 0 spiro atoms. The van der Waals surface area contributed by atoms with Crippen LogP contribution in [-0.4, -0.2) is 42.0 Å². The summed E-state index contributed by atoms with van der Waals surface area (Å²) in [5, 5.41) is 0. The highest BCUT2D eigenvalue weighted by molar-refractivity contribution is 5.79. The number of hydrogen-bond acceptors (Lipinski definition) is 3. The van der Waals surface area contributed by atoms with Gasteiger partial charge in [-0.1, -0.05) is 13.8 Å². The van der Waals surface area contributed by atoms with Gasteiger partial charge in [0.15, 0.2) is 0 Å². The van der Waals surface area contributed by atoms with Crippen molar-refractivity contribution in [1.29, 1.82) is 0 Å². The summed E-state index contributed by atoms with van der Waals surface area (Å²) in [6.45, 7) is 8.30. The van der Waals surface area contributed by atoms with Crippen molar-refractivity contribution in [1.82, 2.24) is 9.88 Å². The Kier molecular flexibility index (Phi) is 4.65. The fourth-order valence-corrected chi connectivity index (χ4v) is 4.02. The molecule has 1 aromatic heterocycles. The number of carbonyl (C=O) groups is 1. The average molecular weight is 301 g/mol. The molecule has 120 valence electrons. The summed E-state index contributed by atoms with van der Waals surface area (Å²) in [4.78, 5) is 21.4. The molecule has 0 unspecified atom stereocenters. The summed E-state index contributed by atoms with van der Waals surface area (Å²) in [5.74, 6) is 1.90. The fraction of sp³-hybridized carbons (Fsp3) is 0.667. The van der Waals surface area contributed by atoms with Gasteiger partial charge in [-0.25, -0.2) is 0 Å². The Morgan fingerprint density at radius 2 is 2.05 bits per heavy atom. The predicted octanol–water partition coefficient (Wildman–Crippen LogP) is 2.80. The zero-order valence-electron chi connectivity index (χ0n) is 13.7. The summed E-state index contributed by atoms with van der Waals surface area (Å²) in [7, 11) is 0. The second kappa shape index (κ2) is 6.67. The molecule has 2 atom stereocenters. The van der Waals surface area contributed by atoms with E-state index < -0.39 is 0 Å². The first-order valence-corrected chi connectivity index (χ1v) is 8.66. The maximum atomic E-state index is 12.6. The minimum absolute atomic E-state index is 0.217. The molecule has 4 nitrogen and oxygen atoms in total. The number of piperidine rings is 1. The SMILES string of the molecule is CCC(CC)C(=O)N1C[C@H]2CCN(c3cccnc3)C[C@H]2C1. The Bertz CT molecular complexity index is 500. The topological polar surface area (TPSA) is 36.4 Å². The quantitative estimate of drug-likeness (QED) is 0.858. The van der Waals surface area contributed by atoms with Gasteiger partial charge in [-0.2, -0.15) is 0 Å². The van der Waals surface area contributed by atoms with Gasteiger partial charge >= 0.3 is 0 Å². The second-order valence-corrected chi connectivity index (χ2v) is 6.72. The molecule has 2 fully saturated rings. The molecular formula is C18H27N3O. The zero-order valence-corrected chi connectivity index (χ0v) is 13.7. The molecule has 0 aromatic carbocycles. The minimum Gasteiger partial charge on any atom is -0.370 e. The Morgan fingerprint density at radius 1 is 1.27 bits per heavy atom. The monoisotopic (exact) mass is 301 g/mol. The average Bonchev–Trinajstić information content (AvgIpc) is 2.99. The number of pyridine rings is 1. The number of nitrogens with zero attached hydrogens (tertiary/aromatic N) is 3. The van der Waals surface area contributed by atoms with Crippen LogP contribution in [0, 0.1) is 17.8 Å². The van der Waals surface area contributed by atoms with E-state index in [-0.39, 0.29) is 5.92 Å². The summed E-state index contributed by atoms with van der Waals surface area (Å²) >= 11 is 0. The highest BCUT2D eigenvalue weighted by Gasteiger charge is 2.39. The van der Waals surface area contributed by atoms with Crippen LogP contribution in [0.2, 0.25) is 0 Å². The Balaban J connectivity index is 1.63. The molecule has 2 aliphatic rings. The van der Waals surface area contributed by atoms with Gasteiger partial charge in [-0.15, -0.1) is 0 Å². The van der Waals surface area contributed by atoms with Gasteiger partial charge in [0.2, 0.25) is 5.91 Å². The van der Waals surface area contributed by atoms with E-state index >= 15 is 0 Å². The number of amides is 1. The Hall–Kier alpha value is -1.58. The summed E-state index contributed by atoms with van der Waals surface area (Å²) < 4.78 is 0. The molecule has 3 rings (SSSR count). The first-order valence-electron chi connectivity index (χ1n) is 8.66. The van der Waals surface area contributed by atoms with Crippen molar-refractivity contribution in [2.24, 2.45) is 17.8 Å². The van der Waals surface area contributed by atoms with E-state index in [1.54, 1.807) is 0 Å². The standard InChI is InChI=1S/C18H27N3O/c1-3-14(4-2)18(22)21-11-15-7-9-20(12-16(15)13-21)17-6-5-8-19-10-17/h5-6,8,10,14-16H,3-4,7,9,11-13H2,1-2H3/t15-,16+/m1/s1. The van der Waals surface area contributed by atoms with E-state index in [4.69, 9.17) is 0 Å². The lowest BCUT2D eigenvalue weighted by Crippen LogP contribution is -2.40. The number of aromatic nitrogens is 1. The van der Waals surface area contributed by atoms with E-state index in [1.165, 1.54) is 12.1 Å². The summed E-state index contributed by atoms with van der Waals surface area (Å²) in [5.41, 5.74) is 1.21. The third kappa shape index (κ3) is 2.96. The summed E-state index contributed by atoms with van der Waals surface area (Å²) in [6, 6.07) is 4.13. The minimum atomic E-state index is 0.217. The van der Waals surface area contributed by atoms with Crippen LogP contribution in [0.5, 0.6) is 0 Å². The number of anilines is 1. The van der Waals surface area contributed by atoms with Gasteiger partial charge < -0.3 is 9.80 Å². The van der Waals surface area contributed by atoms with E-state index in [0.717, 1.165) is 39.0 Å². The lowest BCUT2D eigenvalue weighted by molar-refractivity contribution is -0.134. The van der Waals surface area contributed by atoms with Gasteiger partial charge in [-0.05, 0) is 43.2 Å². The second-order valence-electron chi connectivity index (χ2n) is 6.72. The van der Waals surface area contributed by atoms with Crippen LogP contribution >= 0.6 is 0 Å². The van der Waals surface area contributed by atoms with Gasteiger partial charge in [0.05, 0.1) is 11.9 Å². The number of likely N-dealkylation sites (tertiary alicyclic amines) is 1. The largest absolute Gasteiger partial charge is 0.370 e. The normalized spacial score (nSPS) is 24.7. The molecule has 3 heterocycles. The lowest BCUT2D eigenvalue weighted by atomic mass is 9.88. The highest BCUT2D eigenvalue weighted by Crippen LogP contribution is 2.34. The smallest absolute Gasteiger partial charge is 0.225 e. The molecule has 2 aliphatic heterocycles. The van der Waals surface area contributed by atoms with Crippen molar-refractivity contribution in [2.45, 2.75) is 33.1 Å². The van der Waals surface area contributed by atoms with E-state index in [0.29, 0.717) is 17.7 Å². The van der Waals surface area contributed by atoms with Crippen LogP contribution in [0.4, 0.5) is 5.69 Å². The number of rotatable bonds is 4. The molecule has 2 saturated heterocycles. The molecule has 0 radical (unpaired) electrons. The maximum absolute atomic E-state index is 12.6. The molecule has 0 bridgehead atoms. The van der Waals surface area contributed by atoms with Crippen LogP contribution in [0.25, 0.3) is 0 Å². The third-order valence-electron chi connectivity index (χ3n) is 5.46. The van der Waals surface area contributed by atoms with Crippen molar-refractivity contribution in [3.63, 3.8) is 0 Å². The van der Waals surface area contributed by atoms with Crippen molar-refractivity contribution in [3.8, 4) is 0 Å².